The largest absolute Gasteiger partial charge is 0.357 e. The molecular formula is C18H19N3OS2. The van der Waals surface area contributed by atoms with E-state index < -0.39 is 0 Å². The highest BCUT2D eigenvalue weighted by Crippen LogP contribution is 2.36. The molecule has 0 aliphatic carbocycles. The topological polar surface area (TPSA) is 49.0 Å². The van der Waals surface area contributed by atoms with E-state index in [2.05, 4.69) is 28.3 Å². The van der Waals surface area contributed by atoms with Crippen LogP contribution in [-0.2, 0) is 6.42 Å². The number of aryl methyl sites for hydroxylation is 1. The Morgan fingerprint density at radius 1 is 1.46 bits per heavy atom. The van der Waals surface area contributed by atoms with E-state index in [4.69, 9.17) is 0 Å². The van der Waals surface area contributed by atoms with Gasteiger partial charge in [0.25, 0.3) is 5.91 Å². The highest BCUT2D eigenvalue weighted by molar-refractivity contribution is 7.10. The van der Waals surface area contributed by atoms with Crippen molar-refractivity contribution in [2.75, 3.05) is 6.54 Å². The van der Waals surface area contributed by atoms with Crippen LogP contribution in [-0.4, -0.2) is 27.3 Å². The standard InChI is InChI=1S/C18H19N3OS2/c1-3-16-13-5-7-23-17(13)4-6-21(16)18(22)14-8-12(9-19-14)15-10-24-11(2)20-15/h5,7-10,16,19H,3-4,6H2,1-2H3/t16-/m0/s1. The van der Waals surface area contributed by atoms with Gasteiger partial charge in [0.15, 0.2) is 0 Å². The molecule has 4 heterocycles. The van der Waals surface area contributed by atoms with Crippen molar-refractivity contribution in [1.82, 2.24) is 14.9 Å². The Labute approximate surface area is 149 Å². The van der Waals surface area contributed by atoms with Gasteiger partial charge in [-0.1, -0.05) is 6.92 Å². The lowest BCUT2D eigenvalue weighted by Crippen LogP contribution is -2.39. The number of amides is 1. The lowest BCUT2D eigenvalue weighted by atomic mass is 9.97. The Bertz CT molecular complexity index is 876. The van der Waals surface area contributed by atoms with Crippen molar-refractivity contribution in [3.63, 3.8) is 0 Å². The summed E-state index contributed by atoms with van der Waals surface area (Å²) < 4.78 is 0. The third-order valence-electron chi connectivity index (χ3n) is 4.57. The van der Waals surface area contributed by atoms with E-state index in [9.17, 15) is 4.79 Å². The molecular weight excluding hydrogens is 338 g/mol. The highest BCUT2D eigenvalue weighted by Gasteiger charge is 2.31. The first-order chi connectivity index (χ1) is 11.7. The summed E-state index contributed by atoms with van der Waals surface area (Å²) in [5.41, 5.74) is 3.87. The van der Waals surface area contributed by atoms with Gasteiger partial charge in [0.1, 0.15) is 5.69 Å². The van der Waals surface area contributed by atoms with Crippen molar-refractivity contribution in [3.8, 4) is 11.3 Å². The predicted molar refractivity (Wildman–Crippen MR) is 98.7 cm³/mol. The normalized spacial score (nSPS) is 17.1. The summed E-state index contributed by atoms with van der Waals surface area (Å²) in [6, 6.07) is 4.28. The number of thiazole rings is 1. The minimum Gasteiger partial charge on any atom is -0.357 e. The number of aromatic amines is 1. The van der Waals surface area contributed by atoms with Crippen LogP contribution in [0.4, 0.5) is 0 Å². The maximum Gasteiger partial charge on any atom is 0.270 e. The molecule has 0 unspecified atom stereocenters. The van der Waals surface area contributed by atoms with Crippen LogP contribution in [0, 0.1) is 6.92 Å². The van der Waals surface area contributed by atoms with E-state index in [1.807, 2.05) is 29.5 Å². The number of aromatic nitrogens is 2. The van der Waals surface area contributed by atoms with Gasteiger partial charge in [0.05, 0.1) is 16.7 Å². The van der Waals surface area contributed by atoms with Gasteiger partial charge in [-0.05, 0) is 42.8 Å². The van der Waals surface area contributed by atoms with Crippen LogP contribution in [0.5, 0.6) is 0 Å². The second-order valence-corrected chi connectivity index (χ2v) is 8.09. The molecule has 0 saturated carbocycles. The molecule has 1 amide bonds. The van der Waals surface area contributed by atoms with Gasteiger partial charge in [-0.15, -0.1) is 22.7 Å². The van der Waals surface area contributed by atoms with Crippen molar-refractivity contribution in [2.24, 2.45) is 0 Å². The number of H-pyrrole nitrogens is 1. The van der Waals surface area contributed by atoms with Crippen LogP contribution in [0.3, 0.4) is 0 Å². The average Bonchev–Trinajstić information content (AvgIpc) is 3.32. The smallest absolute Gasteiger partial charge is 0.270 e. The molecule has 0 radical (unpaired) electrons. The zero-order valence-electron chi connectivity index (χ0n) is 13.7. The van der Waals surface area contributed by atoms with Crippen molar-refractivity contribution in [1.29, 1.82) is 0 Å². The molecule has 1 atom stereocenters. The fraction of sp³-hybridized carbons (Fsp3) is 0.333. The quantitative estimate of drug-likeness (QED) is 0.741. The number of hydrogen-bond donors (Lipinski definition) is 1. The molecule has 0 saturated heterocycles. The van der Waals surface area contributed by atoms with Gasteiger partial charge in [-0.25, -0.2) is 4.98 Å². The minimum absolute atomic E-state index is 0.0805. The second kappa shape index (κ2) is 6.18. The number of thiophene rings is 1. The van der Waals surface area contributed by atoms with Crippen LogP contribution in [0.15, 0.2) is 29.1 Å². The molecule has 0 fully saturated rings. The molecule has 4 rings (SSSR count). The van der Waals surface area contributed by atoms with Gasteiger partial charge >= 0.3 is 0 Å². The predicted octanol–water partition coefficient (Wildman–Crippen LogP) is 4.66. The molecule has 1 N–H and O–H groups in total. The van der Waals surface area contributed by atoms with Gasteiger partial charge < -0.3 is 9.88 Å². The van der Waals surface area contributed by atoms with E-state index in [-0.39, 0.29) is 11.9 Å². The van der Waals surface area contributed by atoms with Crippen LogP contribution in [0.25, 0.3) is 11.3 Å². The molecule has 3 aromatic rings. The van der Waals surface area contributed by atoms with Crippen LogP contribution >= 0.6 is 22.7 Å². The summed E-state index contributed by atoms with van der Waals surface area (Å²) in [7, 11) is 0. The third kappa shape index (κ3) is 2.59. The molecule has 0 aromatic carbocycles. The van der Waals surface area contributed by atoms with Crippen molar-refractivity contribution in [3.05, 3.63) is 50.2 Å². The number of nitrogens with one attached hydrogen (secondary N) is 1. The lowest BCUT2D eigenvalue weighted by Gasteiger charge is -2.35. The van der Waals surface area contributed by atoms with Gasteiger partial charge in [-0.3, -0.25) is 4.79 Å². The van der Waals surface area contributed by atoms with Crippen molar-refractivity contribution >= 4 is 28.6 Å². The molecule has 1 aliphatic rings. The van der Waals surface area contributed by atoms with Crippen LogP contribution < -0.4 is 0 Å². The van der Waals surface area contributed by atoms with Gasteiger partial charge in [0, 0.05) is 28.6 Å². The Morgan fingerprint density at radius 3 is 3.08 bits per heavy atom. The molecule has 1 aliphatic heterocycles. The molecule has 24 heavy (non-hydrogen) atoms. The number of carbonyl (C=O) groups excluding carboxylic acids is 1. The summed E-state index contributed by atoms with van der Waals surface area (Å²) >= 11 is 3.43. The summed E-state index contributed by atoms with van der Waals surface area (Å²) in [6.45, 7) is 4.93. The Balaban J connectivity index is 1.61. The first-order valence-electron chi connectivity index (χ1n) is 8.15. The first-order valence-corrected chi connectivity index (χ1v) is 9.91. The van der Waals surface area contributed by atoms with E-state index in [1.165, 1.54) is 10.4 Å². The van der Waals surface area contributed by atoms with Crippen molar-refractivity contribution in [2.45, 2.75) is 32.7 Å². The summed E-state index contributed by atoms with van der Waals surface area (Å²) in [5.74, 6) is 0.0805. The molecule has 0 spiro atoms. The lowest BCUT2D eigenvalue weighted by molar-refractivity contribution is 0.0652. The van der Waals surface area contributed by atoms with E-state index >= 15 is 0 Å². The van der Waals surface area contributed by atoms with Crippen LogP contribution in [0.1, 0.15) is 45.3 Å². The molecule has 124 valence electrons. The van der Waals surface area contributed by atoms with Crippen LogP contribution in [0.2, 0.25) is 0 Å². The fourth-order valence-electron chi connectivity index (χ4n) is 3.40. The van der Waals surface area contributed by atoms with Crippen molar-refractivity contribution < 1.29 is 4.79 Å². The molecule has 0 bridgehead atoms. The summed E-state index contributed by atoms with van der Waals surface area (Å²) in [5, 5.41) is 5.20. The molecule has 3 aromatic heterocycles. The average molecular weight is 358 g/mol. The molecule has 6 heteroatoms. The molecule has 4 nitrogen and oxygen atoms in total. The Morgan fingerprint density at radius 2 is 2.33 bits per heavy atom. The monoisotopic (exact) mass is 357 g/mol. The second-order valence-electron chi connectivity index (χ2n) is 6.03. The first kappa shape index (κ1) is 15.6. The van der Waals surface area contributed by atoms with E-state index in [0.29, 0.717) is 5.69 Å². The van der Waals surface area contributed by atoms with E-state index in [1.54, 1.807) is 22.7 Å². The number of rotatable bonds is 3. The Hall–Kier alpha value is -1.92. The number of hydrogen-bond acceptors (Lipinski definition) is 4. The SMILES string of the molecule is CC[C@H]1c2ccsc2CCN1C(=O)c1cc(-c2csc(C)n2)c[nH]1. The van der Waals surface area contributed by atoms with Gasteiger partial charge in [0.2, 0.25) is 0 Å². The number of carbonyl (C=O) groups is 1. The fourth-order valence-corrected chi connectivity index (χ4v) is 4.95. The Kier molecular flexibility index (Phi) is 4.02. The number of nitrogens with zero attached hydrogens (tertiary/aromatic N) is 2. The highest BCUT2D eigenvalue weighted by atomic mass is 32.1. The number of fused-ring (bicyclic) bond motifs is 1. The van der Waals surface area contributed by atoms with E-state index in [0.717, 1.165) is 35.7 Å². The summed E-state index contributed by atoms with van der Waals surface area (Å²) in [6.07, 6.45) is 3.77. The van der Waals surface area contributed by atoms with Gasteiger partial charge in [-0.2, -0.15) is 0 Å². The minimum atomic E-state index is 0.0805. The zero-order valence-corrected chi connectivity index (χ0v) is 15.3. The maximum atomic E-state index is 13.0. The third-order valence-corrected chi connectivity index (χ3v) is 6.34. The summed E-state index contributed by atoms with van der Waals surface area (Å²) in [4.78, 5) is 24.1. The zero-order chi connectivity index (χ0) is 16.7. The maximum absolute atomic E-state index is 13.0.